The zero-order chi connectivity index (χ0) is 39.3. The van der Waals surface area contributed by atoms with Gasteiger partial charge in [-0.05, 0) is 123 Å². The maximum atomic E-state index is 7.30. The van der Waals surface area contributed by atoms with Crippen LogP contribution in [0.15, 0.2) is 85.2 Å². The zero-order valence-electron chi connectivity index (χ0n) is 34.1. The largest absolute Gasteiger partial charge is 0.497 e. The third kappa shape index (κ3) is 6.58. The minimum Gasteiger partial charge on any atom is -0.497 e. The molecule has 0 spiro atoms. The summed E-state index contributed by atoms with van der Waals surface area (Å²) < 4.78 is 26.0. The maximum Gasteiger partial charge on any atom is 0.242 e. The fraction of sp³-hybridized carbons (Fsp3) is 0.458. The van der Waals surface area contributed by atoms with Crippen molar-refractivity contribution in [1.82, 2.24) is 30.0 Å². The van der Waals surface area contributed by atoms with Crippen molar-refractivity contribution in [1.29, 1.82) is 0 Å². The maximum absolute atomic E-state index is 7.30. The molecule has 6 aliphatic heterocycles. The Morgan fingerprint density at radius 3 is 1.47 bits per heavy atom. The lowest BCUT2D eigenvalue weighted by atomic mass is 9.72. The second-order valence-corrected chi connectivity index (χ2v) is 17.0. The lowest BCUT2D eigenvalue weighted by molar-refractivity contribution is -0.0505. The number of hydrogen-bond acceptors (Lipinski definition) is 10. The third-order valence-electron chi connectivity index (χ3n) is 14.3. The number of pyridine rings is 2. The van der Waals surface area contributed by atoms with Crippen molar-refractivity contribution in [3.63, 3.8) is 0 Å². The molecule has 0 N–H and O–H groups in total. The monoisotopic (exact) mass is 778 g/mol. The van der Waals surface area contributed by atoms with Crippen LogP contribution in [-0.2, 0) is 0 Å². The van der Waals surface area contributed by atoms with Gasteiger partial charge in [0.15, 0.2) is 0 Å². The molecule has 0 radical (unpaired) electrons. The molecule has 3 aromatic heterocycles. The van der Waals surface area contributed by atoms with Gasteiger partial charge in [-0.1, -0.05) is 38.8 Å². The quantitative estimate of drug-likeness (QED) is 0.120. The van der Waals surface area contributed by atoms with Gasteiger partial charge in [-0.25, -0.2) is 0 Å². The van der Waals surface area contributed by atoms with Crippen LogP contribution in [-0.4, -0.2) is 82.4 Å². The first kappa shape index (κ1) is 37.2. The van der Waals surface area contributed by atoms with E-state index in [0.717, 1.165) is 94.2 Å². The summed E-state index contributed by atoms with van der Waals surface area (Å²) >= 11 is 0. The molecule has 0 amide bonds. The number of piperidine rings is 6. The summed E-state index contributed by atoms with van der Waals surface area (Å²) in [4.78, 5) is 14.8. The first-order valence-electron chi connectivity index (χ1n) is 21.5. The smallest absolute Gasteiger partial charge is 0.242 e. The summed E-state index contributed by atoms with van der Waals surface area (Å²) in [5, 5.41) is 13.7. The molecule has 0 saturated carbocycles. The van der Waals surface area contributed by atoms with E-state index in [1.165, 1.54) is 25.7 Å². The van der Waals surface area contributed by atoms with Gasteiger partial charge in [0.2, 0.25) is 11.8 Å². The molecule has 9 heterocycles. The van der Waals surface area contributed by atoms with Gasteiger partial charge >= 0.3 is 0 Å². The van der Waals surface area contributed by atoms with Crippen LogP contribution in [0.5, 0.6) is 23.3 Å². The Kier molecular flexibility index (Phi) is 10.0. The number of hydrogen-bond donors (Lipinski definition) is 0. The Hall–Kier alpha value is -5.06. The fourth-order valence-electron chi connectivity index (χ4n) is 11.1. The van der Waals surface area contributed by atoms with E-state index in [4.69, 9.17) is 39.1 Å². The van der Waals surface area contributed by atoms with Crippen molar-refractivity contribution >= 4 is 32.6 Å². The van der Waals surface area contributed by atoms with E-state index in [2.05, 4.69) is 72.2 Å². The topological polar surface area (TPSA) is 95.0 Å². The van der Waals surface area contributed by atoms with Gasteiger partial charge < -0.3 is 18.9 Å². The van der Waals surface area contributed by atoms with E-state index in [0.29, 0.717) is 35.4 Å². The van der Waals surface area contributed by atoms with E-state index < -0.39 is 0 Å². The highest BCUT2D eigenvalue weighted by Gasteiger charge is 2.46. The first-order valence-corrected chi connectivity index (χ1v) is 21.5. The second kappa shape index (κ2) is 15.6. The third-order valence-corrected chi connectivity index (χ3v) is 14.3. The van der Waals surface area contributed by atoms with Crippen LogP contribution >= 0.6 is 0 Å². The molecule has 58 heavy (non-hydrogen) atoms. The lowest BCUT2D eigenvalue weighted by Gasteiger charge is -2.52. The molecule has 10 heteroatoms. The number of rotatable bonds is 12. The number of methoxy groups -OCH3 is 2. The van der Waals surface area contributed by atoms with Crippen LogP contribution in [0.1, 0.15) is 75.7 Å². The van der Waals surface area contributed by atoms with Gasteiger partial charge in [0.25, 0.3) is 0 Å². The van der Waals surface area contributed by atoms with Crippen molar-refractivity contribution in [3.05, 3.63) is 96.3 Å². The average Bonchev–Trinajstić information content (AvgIpc) is 3.29. The molecule has 0 aliphatic carbocycles. The van der Waals surface area contributed by atoms with Crippen molar-refractivity contribution in [2.45, 2.75) is 76.7 Å². The van der Waals surface area contributed by atoms with Crippen molar-refractivity contribution < 1.29 is 18.9 Å². The van der Waals surface area contributed by atoms with Crippen LogP contribution in [0.2, 0.25) is 0 Å². The van der Waals surface area contributed by atoms with E-state index in [9.17, 15) is 0 Å². The second-order valence-electron chi connectivity index (χ2n) is 17.0. The predicted molar refractivity (Wildman–Crippen MR) is 227 cm³/mol. The van der Waals surface area contributed by atoms with E-state index in [-0.39, 0.29) is 24.3 Å². The summed E-state index contributed by atoms with van der Waals surface area (Å²) in [6, 6.07) is 25.1. The van der Waals surface area contributed by atoms with Crippen LogP contribution in [0.25, 0.3) is 32.6 Å². The molecule has 6 aliphatic rings. The molecule has 300 valence electrons. The van der Waals surface area contributed by atoms with Crippen LogP contribution in [0.3, 0.4) is 0 Å². The van der Waals surface area contributed by atoms with Crippen molar-refractivity contribution in [2.24, 2.45) is 23.7 Å². The molecule has 10 nitrogen and oxygen atoms in total. The van der Waals surface area contributed by atoms with E-state index >= 15 is 0 Å². The average molecular weight is 779 g/mol. The number of ether oxygens (including phenoxy) is 4. The molecule has 7 unspecified atom stereocenters. The highest BCUT2D eigenvalue weighted by Crippen LogP contribution is 2.47. The van der Waals surface area contributed by atoms with Crippen LogP contribution in [0.4, 0.5) is 0 Å². The van der Waals surface area contributed by atoms with Gasteiger partial charge in [0.1, 0.15) is 23.7 Å². The van der Waals surface area contributed by atoms with Crippen molar-refractivity contribution in [2.75, 3.05) is 40.4 Å². The zero-order valence-corrected chi connectivity index (χ0v) is 34.1. The summed E-state index contributed by atoms with van der Waals surface area (Å²) in [6.45, 7) is 9.00. The molecule has 6 aromatic rings. The summed E-state index contributed by atoms with van der Waals surface area (Å²) in [6.07, 6.45) is 10.2. The Balaban J connectivity index is 1.06. The van der Waals surface area contributed by atoms with Gasteiger partial charge in [0.05, 0.1) is 48.1 Å². The SMILES string of the molecule is CCC1CN2CCC1CC2[C@@H](Oc1nnc(O[C@@H](c2ccnc3ccc(OC)cc23)[C@H]2CC3CCN2CC3CC)c2ccccc12)c1ccnc2ccc(OC)cc12. The number of fused-ring (bicyclic) bond motifs is 9. The molecule has 3 aromatic carbocycles. The molecule has 6 fully saturated rings. The van der Waals surface area contributed by atoms with Gasteiger partial charge in [-0.3, -0.25) is 19.8 Å². The minimum absolute atomic E-state index is 0.180. The summed E-state index contributed by atoms with van der Waals surface area (Å²) in [5.41, 5.74) is 4.01. The Labute approximate surface area is 340 Å². The molecular weight excluding hydrogens is 725 g/mol. The Bertz CT molecular complexity index is 2280. The lowest BCUT2D eigenvalue weighted by Crippen LogP contribution is -2.56. The highest BCUT2D eigenvalue weighted by atomic mass is 16.5. The minimum atomic E-state index is -0.300. The van der Waals surface area contributed by atoms with Gasteiger partial charge in [-0.15, -0.1) is 10.2 Å². The van der Waals surface area contributed by atoms with Crippen LogP contribution < -0.4 is 18.9 Å². The Morgan fingerprint density at radius 2 is 1.07 bits per heavy atom. The molecule has 4 bridgehead atoms. The predicted octanol–water partition coefficient (Wildman–Crippen LogP) is 9.22. The Morgan fingerprint density at radius 1 is 0.603 bits per heavy atom. The van der Waals surface area contributed by atoms with Gasteiger partial charge in [-0.2, -0.15) is 0 Å². The number of benzene rings is 3. The standard InChI is InChI=1S/C48H54N6O4/c1-5-29-27-53-21-17-31(29)23-43(53)45(35-15-19-49-41-13-11-33(55-3)25-39(35)41)57-47-37-9-7-8-10-38(37)48(52-51-47)58-46(44-24-32-18-22-54(44)28-30(32)6-2)36-16-20-50-42-14-12-34(56-4)26-40(36)42/h7-16,19-20,25-26,29-32,43-46H,5-6,17-18,21-24,27-28H2,1-4H3/t29?,30?,31?,32?,43-,44?,45+,46+/m1/s1. The highest BCUT2D eigenvalue weighted by molar-refractivity contribution is 5.91. The van der Waals surface area contributed by atoms with E-state index in [1.54, 1.807) is 14.2 Å². The summed E-state index contributed by atoms with van der Waals surface area (Å²) in [7, 11) is 3.42. The fourth-order valence-corrected chi connectivity index (χ4v) is 11.1. The van der Waals surface area contributed by atoms with E-state index in [1.807, 2.05) is 36.7 Å². The number of aromatic nitrogens is 4. The normalized spacial score (nSPS) is 27.4. The summed E-state index contributed by atoms with van der Waals surface area (Å²) in [5.74, 6) is 5.39. The molecular formula is C48H54N6O4. The van der Waals surface area contributed by atoms with Crippen molar-refractivity contribution in [3.8, 4) is 23.3 Å². The molecule has 12 rings (SSSR count). The first-order chi connectivity index (χ1) is 28.5. The number of nitrogens with zero attached hydrogens (tertiary/aromatic N) is 6. The molecule has 10 atom stereocenters. The van der Waals surface area contributed by atoms with Gasteiger partial charge in [0, 0.05) is 47.4 Å². The van der Waals surface area contributed by atoms with Crippen LogP contribution in [0, 0.1) is 23.7 Å². The molecule has 6 saturated heterocycles.